The Labute approximate surface area is 124 Å². The molecule has 0 radical (unpaired) electrons. The summed E-state index contributed by atoms with van der Waals surface area (Å²) in [5.41, 5.74) is 1.28. The quantitative estimate of drug-likeness (QED) is 0.453. The fourth-order valence-corrected chi connectivity index (χ4v) is 1.79. The second-order valence-electron chi connectivity index (χ2n) is 4.25. The van der Waals surface area contributed by atoms with Gasteiger partial charge in [0.05, 0.1) is 16.2 Å². The van der Waals surface area contributed by atoms with Gasteiger partial charge in [0.25, 0.3) is 17.5 Å². The van der Waals surface area contributed by atoms with E-state index in [1.165, 1.54) is 5.48 Å². The first-order valence-corrected chi connectivity index (χ1v) is 6.12. The van der Waals surface area contributed by atoms with E-state index in [9.17, 15) is 19.7 Å². The van der Waals surface area contributed by atoms with Crippen LogP contribution in [0, 0.1) is 10.1 Å². The average Bonchev–Trinajstić information content (AvgIpc) is 2.54. The number of hydrogen-bond donors (Lipinski definition) is 3. The molecule has 0 aliphatic rings. The Morgan fingerprint density at radius 2 is 1.73 bits per heavy atom. The number of nitro benzene ring substituents is 1. The van der Waals surface area contributed by atoms with Gasteiger partial charge in [-0.25, -0.2) is 5.48 Å². The Morgan fingerprint density at radius 3 is 2.32 bits per heavy atom. The highest BCUT2D eigenvalue weighted by Crippen LogP contribution is 2.23. The van der Waals surface area contributed by atoms with Crippen LogP contribution in [0.1, 0.15) is 20.7 Å². The molecule has 112 valence electrons. The van der Waals surface area contributed by atoms with Crippen molar-refractivity contribution in [1.82, 2.24) is 5.48 Å². The molecular weight excluding hydrogens is 290 g/mol. The van der Waals surface area contributed by atoms with Crippen molar-refractivity contribution < 1.29 is 19.7 Å². The number of carbonyl (C=O) groups is 2. The van der Waals surface area contributed by atoms with Crippen LogP contribution in [0.4, 0.5) is 11.4 Å². The van der Waals surface area contributed by atoms with Crippen LogP contribution in [0.15, 0.2) is 48.5 Å². The standard InChI is InChI=1S/C14H11N3O5/c18-13(9-4-2-1-3-5-9)15-12-8-10(17(21)22)6-7-11(12)14(19)16-20/h1-8,20H,(H,15,18)(H,16,19). The molecule has 2 aromatic rings. The third-order valence-electron chi connectivity index (χ3n) is 2.84. The van der Waals surface area contributed by atoms with Crippen LogP contribution >= 0.6 is 0 Å². The largest absolute Gasteiger partial charge is 0.321 e. The van der Waals surface area contributed by atoms with Crippen molar-refractivity contribution in [2.75, 3.05) is 5.32 Å². The molecule has 0 aliphatic heterocycles. The summed E-state index contributed by atoms with van der Waals surface area (Å²) in [4.78, 5) is 33.8. The van der Waals surface area contributed by atoms with Crippen molar-refractivity contribution >= 4 is 23.2 Å². The molecule has 8 heteroatoms. The van der Waals surface area contributed by atoms with Gasteiger partial charge < -0.3 is 5.32 Å². The van der Waals surface area contributed by atoms with Crippen molar-refractivity contribution in [3.63, 3.8) is 0 Å². The number of nitro groups is 1. The van der Waals surface area contributed by atoms with Gasteiger partial charge in [-0.3, -0.25) is 24.9 Å². The normalized spacial score (nSPS) is 9.86. The molecule has 0 heterocycles. The smallest absolute Gasteiger partial charge is 0.276 e. The molecule has 0 aromatic heterocycles. The zero-order chi connectivity index (χ0) is 16.1. The van der Waals surface area contributed by atoms with Crippen LogP contribution in [-0.2, 0) is 0 Å². The highest BCUT2D eigenvalue weighted by Gasteiger charge is 2.18. The predicted molar refractivity (Wildman–Crippen MR) is 76.7 cm³/mol. The third-order valence-corrected chi connectivity index (χ3v) is 2.84. The Balaban J connectivity index is 2.39. The summed E-state index contributed by atoms with van der Waals surface area (Å²) in [6.07, 6.45) is 0. The molecular formula is C14H11N3O5. The molecule has 8 nitrogen and oxygen atoms in total. The second kappa shape index (κ2) is 6.46. The molecule has 0 atom stereocenters. The van der Waals surface area contributed by atoms with Gasteiger partial charge in [0, 0.05) is 17.7 Å². The maximum atomic E-state index is 12.1. The van der Waals surface area contributed by atoms with Gasteiger partial charge in [-0.1, -0.05) is 18.2 Å². The second-order valence-corrected chi connectivity index (χ2v) is 4.25. The van der Waals surface area contributed by atoms with Crippen molar-refractivity contribution in [2.45, 2.75) is 0 Å². The van der Waals surface area contributed by atoms with E-state index in [0.29, 0.717) is 5.56 Å². The van der Waals surface area contributed by atoms with E-state index in [4.69, 9.17) is 5.21 Å². The maximum Gasteiger partial charge on any atom is 0.276 e. The minimum absolute atomic E-state index is 0.0744. The van der Waals surface area contributed by atoms with E-state index in [2.05, 4.69) is 5.32 Å². The fraction of sp³-hybridized carbons (Fsp3) is 0. The van der Waals surface area contributed by atoms with Gasteiger partial charge in [-0.15, -0.1) is 0 Å². The van der Waals surface area contributed by atoms with Crippen molar-refractivity contribution in [1.29, 1.82) is 0 Å². The lowest BCUT2D eigenvalue weighted by molar-refractivity contribution is -0.384. The van der Waals surface area contributed by atoms with Gasteiger partial charge in [-0.2, -0.15) is 0 Å². The summed E-state index contributed by atoms with van der Waals surface area (Å²) < 4.78 is 0. The Hall–Kier alpha value is -3.26. The first kappa shape index (κ1) is 15.1. The summed E-state index contributed by atoms with van der Waals surface area (Å²) in [5.74, 6) is -1.42. The van der Waals surface area contributed by atoms with Crippen LogP contribution < -0.4 is 10.8 Å². The Bertz CT molecular complexity index is 731. The zero-order valence-electron chi connectivity index (χ0n) is 11.1. The molecule has 0 unspecified atom stereocenters. The predicted octanol–water partition coefficient (Wildman–Crippen LogP) is 1.97. The van der Waals surface area contributed by atoms with Crippen LogP contribution in [0.3, 0.4) is 0 Å². The molecule has 3 N–H and O–H groups in total. The van der Waals surface area contributed by atoms with E-state index in [1.54, 1.807) is 30.3 Å². The van der Waals surface area contributed by atoms with Crippen molar-refractivity contribution in [3.8, 4) is 0 Å². The number of benzene rings is 2. The average molecular weight is 301 g/mol. The van der Waals surface area contributed by atoms with Crippen molar-refractivity contribution in [2.24, 2.45) is 0 Å². The minimum atomic E-state index is -0.891. The highest BCUT2D eigenvalue weighted by molar-refractivity contribution is 6.09. The lowest BCUT2D eigenvalue weighted by Gasteiger charge is -2.09. The molecule has 2 rings (SSSR count). The lowest BCUT2D eigenvalue weighted by atomic mass is 10.1. The first-order chi connectivity index (χ1) is 10.5. The van der Waals surface area contributed by atoms with Crippen LogP contribution in [0.5, 0.6) is 0 Å². The monoisotopic (exact) mass is 301 g/mol. The Kier molecular flexibility index (Phi) is 4.44. The lowest BCUT2D eigenvalue weighted by Crippen LogP contribution is -2.22. The van der Waals surface area contributed by atoms with E-state index in [-0.39, 0.29) is 16.9 Å². The van der Waals surface area contributed by atoms with E-state index in [0.717, 1.165) is 18.2 Å². The minimum Gasteiger partial charge on any atom is -0.321 e. The SMILES string of the molecule is O=C(Nc1cc([N+](=O)[O-])ccc1C(=O)NO)c1ccccc1. The van der Waals surface area contributed by atoms with E-state index < -0.39 is 16.7 Å². The molecule has 0 fully saturated rings. The summed E-state index contributed by atoms with van der Waals surface area (Å²) in [6, 6.07) is 11.4. The molecule has 0 aliphatic carbocycles. The number of non-ortho nitro benzene ring substituents is 1. The molecule has 0 saturated heterocycles. The van der Waals surface area contributed by atoms with E-state index >= 15 is 0 Å². The molecule has 0 saturated carbocycles. The van der Waals surface area contributed by atoms with Crippen molar-refractivity contribution in [3.05, 3.63) is 69.8 Å². The van der Waals surface area contributed by atoms with Gasteiger partial charge in [0.2, 0.25) is 0 Å². The van der Waals surface area contributed by atoms with Gasteiger partial charge in [0.1, 0.15) is 0 Å². The molecule has 0 bridgehead atoms. The maximum absolute atomic E-state index is 12.1. The fourth-order valence-electron chi connectivity index (χ4n) is 1.79. The van der Waals surface area contributed by atoms with Crippen LogP contribution in [-0.4, -0.2) is 21.9 Å². The number of nitrogens with zero attached hydrogens (tertiary/aromatic N) is 1. The van der Waals surface area contributed by atoms with Gasteiger partial charge >= 0.3 is 0 Å². The van der Waals surface area contributed by atoms with Gasteiger partial charge in [-0.05, 0) is 18.2 Å². The summed E-state index contributed by atoms with van der Waals surface area (Å²) in [5, 5.41) is 21.9. The Morgan fingerprint density at radius 1 is 1.05 bits per heavy atom. The van der Waals surface area contributed by atoms with Crippen LogP contribution in [0.25, 0.3) is 0 Å². The molecule has 2 aromatic carbocycles. The number of hydroxylamine groups is 1. The summed E-state index contributed by atoms with van der Waals surface area (Å²) >= 11 is 0. The number of rotatable bonds is 4. The zero-order valence-corrected chi connectivity index (χ0v) is 11.1. The summed E-state index contributed by atoms with van der Waals surface area (Å²) in [6.45, 7) is 0. The molecule has 0 spiro atoms. The topological polar surface area (TPSA) is 122 Å². The summed E-state index contributed by atoms with van der Waals surface area (Å²) in [7, 11) is 0. The van der Waals surface area contributed by atoms with Gasteiger partial charge in [0.15, 0.2) is 0 Å². The highest BCUT2D eigenvalue weighted by atomic mass is 16.6. The first-order valence-electron chi connectivity index (χ1n) is 6.12. The molecule has 22 heavy (non-hydrogen) atoms. The number of hydrogen-bond acceptors (Lipinski definition) is 5. The number of amides is 2. The number of nitrogens with one attached hydrogen (secondary N) is 2. The van der Waals surface area contributed by atoms with E-state index in [1.807, 2.05) is 0 Å². The molecule has 2 amide bonds. The van der Waals surface area contributed by atoms with Crippen LogP contribution in [0.2, 0.25) is 0 Å². The number of carbonyl (C=O) groups excluding carboxylic acids is 2. The number of anilines is 1. The third kappa shape index (κ3) is 3.25.